The minimum atomic E-state index is -4.62. The Morgan fingerprint density at radius 1 is 0.932 bits per heavy atom. The number of anilines is 4. The molecule has 17 nitrogen and oxygen atoms in total. The van der Waals surface area contributed by atoms with E-state index in [1.807, 2.05) is 37.4 Å². The molecule has 1 spiro atoms. The van der Waals surface area contributed by atoms with Crippen LogP contribution in [-0.2, 0) is 19.5 Å². The van der Waals surface area contributed by atoms with Gasteiger partial charge in [-0.05, 0) is 142 Å². The fourth-order valence-electron chi connectivity index (χ4n) is 12.8. The Morgan fingerprint density at radius 2 is 1.73 bits per heavy atom. The molecule has 0 unspecified atom stereocenters. The predicted octanol–water partition coefficient (Wildman–Crippen LogP) is 8.97. The number of aromatic nitrogens is 2. The number of amides is 1. The second-order valence-electron chi connectivity index (χ2n) is 22.1. The van der Waals surface area contributed by atoms with E-state index < -0.39 is 43.1 Å². The molecule has 11 rings (SSSR count). The van der Waals surface area contributed by atoms with Gasteiger partial charge in [0.15, 0.2) is 0 Å². The zero-order chi connectivity index (χ0) is 50.6. The molecule has 388 valence electrons. The number of pyridine rings is 1. The molecular weight excluding hydrogens is 949 g/mol. The van der Waals surface area contributed by atoms with Crippen molar-refractivity contribution in [2.24, 2.45) is 11.3 Å². The van der Waals surface area contributed by atoms with Gasteiger partial charge in [0.2, 0.25) is 5.88 Å². The summed E-state index contributed by atoms with van der Waals surface area (Å²) in [6.07, 6.45) is 10.3. The first-order chi connectivity index (χ1) is 35.1. The van der Waals surface area contributed by atoms with Crippen molar-refractivity contribution in [3.8, 4) is 5.88 Å². The topological polar surface area (TPSA) is 205 Å². The normalized spacial score (nSPS) is 26.3. The van der Waals surface area contributed by atoms with E-state index in [0.29, 0.717) is 80.5 Å². The third-order valence-corrected chi connectivity index (χ3v) is 18.4. The van der Waals surface area contributed by atoms with E-state index in [0.717, 1.165) is 81.9 Å². The average Bonchev–Trinajstić information content (AvgIpc) is 4.03. The highest BCUT2D eigenvalue weighted by Gasteiger charge is 2.46. The van der Waals surface area contributed by atoms with Crippen molar-refractivity contribution in [2.45, 2.75) is 126 Å². The summed E-state index contributed by atoms with van der Waals surface area (Å²) in [5.41, 5.74) is 4.86. The van der Waals surface area contributed by atoms with E-state index in [2.05, 4.69) is 67.8 Å². The molecule has 4 aliphatic heterocycles. The molecule has 2 saturated carbocycles. The van der Waals surface area contributed by atoms with Crippen LogP contribution in [0.25, 0.3) is 11.0 Å². The number of fused-ring (bicyclic) bond motifs is 3. The van der Waals surface area contributed by atoms with Crippen LogP contribution in [-0.4, -0.2) is 116 Å². The van der Waals surface area contributed by atoms with E-state index in [4.69, 9.17) is 19.2 Å². The smallest absolute Gasteiger partial charge is 0.293 e. The summed E-state index contributed by atoms with van der Waals surface area (Å²) in [4.78, 5) is 41.3. The second-order valence-corrected chi connectivity index (χ2v) is 23.8. The summed E-state index contributed by atoms with van der Waals surface area (Å²) in [5, 5.41) is 26.8. The number of benzene rings is 3. The Bertz CT molecular complexity index is 2980. The SMILES string of the molecule is CC(C)c1ccccc1[C@@H]1COCCN1[C@@H]1CCC2(CCN(c3ccc(C(=O)NS(=O)(=O)c4ccc(NCC5CCC(C)(O)CC5)c([N+](=O)[O-])c4)c(N4c5cc6cc[nH]c6nc5O[C@H]5COCC[C@@H]54)c3)CC2)C1. The molecule has 0 bridgehead atoms. The Labute approximate surface area is 427 Å². The lowest BCUT2D eigenvalue weighted by Gasteiger charge is -2.46. The van der Waals surface area contributed by atoms with Crippen LogP contribution in [0.15, 0.2) is 83.9 Å². The number of hydrogen-bond donors (Lipinski definition) is 4. The zero-order valence-electron chi connectivity index (χ0n) is 42.1. The van der Waals surface area contributed by atoms with Crippen molar-refractivity contribution >= 4 is 55.4 Å². The van der Waals surface area contributed by atoms with Gasteiger partial charge < -0.3 is 39.4 Å². The van der Waals surface area contributed by atoms with Gasteiger partial charge in [0.25, 0.3) is 21.6 Å². The first-order valence-electron chi connectivity index (χ1n) is 26.3. The van der Waals surface area contributed by atoms with Gasteiger partial charge >= 0.3 is 0 Å². The number of H-pyrrole nitrogens is 1. The van der Waals surface area contributed by atoms with Gasteiger partial charge in [-0.1, -0.05) is 38.1 Å². The first kappa shape index (κ1) is 49.4. The molecule has 4 N–H and O–H groups in total. The number of nitrogens with zero attached hydrogens (tertiary/aromatic N) is 5. The summed E-state index contributed by atoms with van der Waals surface area (Å²) in [6, 6.07) is 22.5. The van der Waals surface area contributed by atoms with Crippen molar-refractivity contribution in [1.29, 1.82) is 0 Å². The highest BCUT2D eigenvalue weighted by Crippen LogP contribution is 2.51. The number of aromatic amines is 1. The number of nitro benzene ring substituents is 1. The van der Waals surface area contributed by atoms with Crippen molar-refractivity contribution in [2.75, 3.05) is 67.7 Å². The van der Waals surface area contributed by atoms with E-state index in [1.54, 1.807) is 6.07 Å². The Morgan fingerprint density at radius 3 is 2.52 bits per heavy atom. The largest absolute Gasteiger partial charge is 0.468 e. The molecule has 0 radical (unpaired) electrons. The number of ether oxygens (including phenoxy) is 3. The van der Waals surface area contributed by atoms with Crippen molar-refractivity contribution in [3.63, 3.8) is 0 Å². The molecule has 2 aliphatic carbocycles. The van der Waals surface area contributed by atoms with Gasteiger partial charge in [-0.15, -0.1) is 0 Å². The molecule has 4 atom stereocenters. The van der Waals surface area contributed by atoms with E-state index in [1.165, 1.54) is 29.7 Å². The van der Waals surface area contributed by atoms with Crippen LogP contribution in [0.1, 0.15) is 118 Å². The number of aliphatic hydroxyl groups is 1. The summed E-state index contributed by atoms with van der Waals surface area (Å²) in [5.74, 6) is 0.115. The Balaban J connectivity index is 0.872. The third-order valence-electron chi connectivity index (χ3n) is 17.0. The Hall–Kier alpha value is -5.79. The van der Waals surface area contributed by atoms with Gasteiger partial charge in [-0.2, -0.15) is 4.98 Å². The molecule has 3 saturated heterocycles. The molecule has 1 amide bonds. The first-order valence-corrected chi connectivity index (χ1v) is 27.8. The van der Waals surface area contributed by atoms with Crippen molar-refractivity contribution in [3.05, 3.63) is 106 Å². The molecule has 6 aliphatic rings. The number of piperidine rings is 1. The minimum absolute atomic E-state index is 0.116. The number of nitro groups is 1. The number of carbonyl (C=O) groups excluding carboxylic acids is 1. The van der Waals surface area contributed by atoms with E-state index in [-0.39, 0.29) is 34.7 Å². The van der Waals surface area contributed by atoms with Gasteiger partial charge in [0, 0.05) is 62.2 Å². The average molecular weight is 1020 g/mol. The highest BCUT2D eigenvalue weighted by molar-refractivity contribution is 7.90. The number of nitrogens with one attached hydrogen (secondary N) is 3. The monoisotopic (exact) mass is 1020 g/mol. The molecule has 5 fully saturated rings. The van der Waals surface area contributed by atoms with Crippen LogP contribution in [0.2, 0.25) is 0 Å². The van der Waals surface area contributed by atoms with Crippen LogP contribution in [0.3, 0.4) is 0 Å². The number of hydrogen-bond acceptors (Lipinski definition) is 14. The standard InChI is InChI=1S/C55H68N8O9S/c1-35(2)41-6-4-5-7-42(41)49-33-71-27-25-61(49)39-14-19-55(31-39)20-23-60(24-21-55)38-8-10-43(46(29-38)62-45-16-26-70-34-50(45)72-53-48(62)28-37-15-22-56-51(37)58-53)52(64)59-73(68,69)40-9-11-44(47(30-40)63(66)67)57-32-36-12-17-54(3,65)18-13-36/h4-11,15,22,28-30,35-36,39,45,49-50,57,65H,12-14,16-21,23-27,31-34H2,1-3H3,(H,56,58)(H,59,64)/t36?,39-,45+,49+,50+,54?/m1/s1. The van der Waals surface area contributed by atoms with Crippen LogP contribution in [0, 0.1) is 21.4 Å². The second kappa shape index (κ2) is 19.8. The lowest BCUT2D eigenvalue weighted by Crippen LogP contribution is -2.53. The summed E-state index contributed by atoms with van der Waals surface area (Å²) in [6.45, 7) is 11.6. The summed E-state index contributed by atoms with van der Waals surface area (Å²) >= 11 is 0. The Kier molecular flexibility index (Phi) is 13.4. The lowest BCUT2D eigenvalue weighted by molar-refractivity contribution is -0.384. The van der Waals surface area contributed by atoms with Gasteiger partial charge in [0.1, 0.15) is 23.1 Å². The fourth-order valence-corrected chi connectivity index (χ4v) is 13.8. The molecule has 73 heavy (non-hydrogen) atoms. The van der Waals surface area contributed by atoms with E-state index in [9.17, 15) is 28.4 Å². The molecule has 3 aromatic carbocycles. The van der Waals surface area contributed by atoms with Gasteiger partial charge in [0.05, 0.1) is 58.6 Å². The maximum atomic E-state index is 14.8. The number of rotatable bonds is 12. The van der Waals surface area contributed by atoms with Crippen LogP contribution < -0.4 is 24.6 Å². The molecule has 6 heterocycles. The van der Waals surface area contributed by atoms with Crippen LogP contribution in [0.4, 0.5) is 28.4 Å². The number of carbonyl (C=O) groups is 1. The molecular formula is C55H68N8O9S. The third kappa shape index (κ3) is 9.88. The summed E-state index contributed by atoms with van der Waals surface area (Å²) in [7, 11) is -4.62. The number of morpholine rings is 1. The van der Waals surface area contributed by atoms with E-state index >= 15 is 0 Å². The minimum Gasteiger partial charge on any atom is -0.468 e. The van der Waals surface area contributed by atoms with Crippen LogP contribution in [0.5, 0.6) is 5.88 Å². The highest BCUT2D eigenvalue weighted by atomic mass is 32.2. The lowest BCUT2D eigenvalue weighted by atomic mass is 9.76. The zero-order valence-corrected chi connectivity index (χ0v) is 42.9. The molecule has 5 aromatic rings. The quantitative estimate of drug-likeness (QED) is 0.0681. The summed E-state index contributed by atoms with van der Waals surface area (Å²) < 4.78 is 49.3. The maximum absolute atomic E-state index is 14.8. The van der Waals surface area contributed by atoms with Crippen molar-refractivity contribution in [1.82, 2.24) is 19.6 Å². The van der Waals surface area contributed by atoms with Gasteiger partial charge in [-0.25, -0.2) is 13.1 Å². The van der Waals surface area contributed by atoms with Gasteiger partial charge in [-0.3, -0.25) is 19.8 Å². The van der Waals surface area contributed by atoms with Crippen molar-refractivity contribution < 1.29 is 37.5 Å². The molecule has 18 heteroatoms. The number of sulfonamides is 1. The fraction of sp³-hybridized carbons (Fsp3) is 0.527. The molecule has 2 aromatic heterocycles. The predicted molar refractivity (Wildman–Crippen MR) is 279 cm³/mol. The van der Waals surface area contributed by atoms with Crippen LogP contribution >= 0.6 is 0 Å². The maximum Gasteiger partial charge on any atom is 0.293 e.